The summed E-state index contributed by atoms with van der Waals surface area (Å²) in [5.74, 6) is 0. The van der Waals surface area contributed by atoms with Crippen LogP contribution in [0.15, 0.2) is 0 Å². The van der Waals surface area contributed by atoms with Crippen LogP contribution in [0.3, 0.4) is 0 Å². The van der Waals surface area contributed by atoms with Crippen molar-refractivity contribution in [1.82, 2.24) is 4.90 Å². The fraction of sp³-hybridized carbons (Fsp3) is 1.00. The molecule has 3 heteroatoms. The van der Waals surface area contributed by atoms with Gasteiger partial charge in [-0.25, -0.2) is 0 Å². The molecule has 1 rings (SSSR count). The first kappa shape index (κ1) is 7.98. The van der Waals surface area contributed by atoms with E-state index < -0.39 is 0 Å². The van der Waals surface area contributed by atoms with Crippen LogP contribution in [0.1, 0.15) is 6.92 Å². The molecule has 1 saturated heterocycles. The van der Waals surface area contributed by atoms with Crippen molar-refractivity contribution in [3.8, 4) is 0 Å². The topological polar surface area (TPSA) is 38.5 Å². The van der Waals surface area contributed by atoms with E-state index in [2.05, 4.69) is 11.9 Å². The Labute approximate surface area is 62.1 Å². The minimum absolute atomic E-state index is 0.213. The summed E-state index contributed by atoms with van der Waals surface area (Å²) in [6.45, 7) is 4.72. The molecule has 1 aliphatic heterocycles. The molecule has 0 amide bonds. The molecule has 1 fully saturated rings. The fourth-order valence-corrected chi connectivity index (χ4v) is 1.38. The van der Waals surface area contributed by atoms with Gasteiger partial charge in [-0.15, -0.1) is 0 Å². The number of hydrogen-bond acceptors (Lipinski definition) is 3. The van der Waals surface area contributed by atoms with Crippen molar-refractivity contribution in [2.75, 3.05) is 26.7 Å². The van der Waals surface area contributed by atoms with Crippen LogP contribution in [0.5, 0.6) is 0 Å². The van der Waals surface area contributed by atoms with Crippen LogP contribution in [0.4, 0.5) is 0 Å². The zero-order valence-electron chi connectivity index (χ0n) is 6.71. The second kappa shape index (κ2) is 3.32. The number of likely N-dealkylation sites (N-methyl/N-ethyl adjacent to an activating group) is 1. The Hall–Kier alpha value is -0.120. The molecular formula is C7H16N2O. The normalized spacial score (nSPS) is 35.1. The maximum atomic E-state index is 5.79. The zero-order chi connectivity index (χ0) is 7.56. The maximum absolute atomic E-state index is 5.79. The van der Waals surface area contributed by atoms with Crippen molar-refractivity contribution < 1.29 is 4.74 Å². The minimum atomic E-state index is 0.213. The first-order valence-corrected chi connectivity index (χ1v) is 3.79. The zero-order valence-corrected chi connectivity index (χ0v) is 6.71. The first-order valence-electron chi connectivity index (χ1n) is 3.79. The number of rotatable bonds is 2. The summed E-state index contributed by atoms with van der Waals surface area (Å²) >= 11 is 0. The molecule has 0 saturated carbocycles. The number of nitrogens with two attached hydrogens (primary N) is 1. The highest BCUT2D eigenvalue weighted by atomic mass is 16.5. The molecular weight excluding hydrogens is 128 g/mol. The Balaban J connectivity index is 2.31. The van der Waals surface area contributed by atoms with Gasteiger partial charge in [0.25, 0.3) is 0 Å². The standard InChI is InChI=1S/C7H16N2O/c1-3-10-7-5-9(2)4-6(7)8/h6-7H,3-5,8H2,1-2H3/t6-,7-/m1/s1. The summed E-state index contributed by atoms with van der Waals surface area (Å²) in [4.78, 5) is 2.20. The van der Waals surface area contributed by atoms with Crippen molar-refractivity contribution in [2.45, 2.75) is 19.1 Å². The highest BCUT2D eigenvalue weighted by molar-refractivity contribution is 4.85. The van der Waals surface area contributed by atoms with Gasteiger partial charge in [0.05, 0.1) is 6.10 Å². The molecule has 0 bridgehead atoms. The van der Waals surface area contributed by atoms with Crippen LogP contribution in [-0.4, -0.2) is 43.8 Å². The predicted molar refractivity (Wildman–Crippen MR) is 40.9 cm³/mol. The van der Waals surface area contributed by atoms with Crippen LogP contribution in [0.2, 0.25) is 0 Å². The van der Waals surface area contributed by atoms with Crippen molar-refractivity contribution in [1.29, 1.82) is 0 Å². The average Bonchev–Trinajstić information content (AvgIpc) is 2.13. The molecule has 0 aromatic rings. The van der Waals surface area contributed by atoms with E-state index in [1.165, 1.54) is 0 Å². The molecule has 3 nitrogen and oxygen atoms in total. The number of ether oxygens (including phenoxy) is 1. The van der Waals surface area contributed by atoms with Gasteiger partial charge in [-0.3, -0.25) is 0 Å². The van der Waals surface area contributed by atoms with Gasteiger partial charge in [0.1, 0.15) is 0 Å². The monoisotopic (exact) mass is 144 g/mol. The maximum Gasteiger partial charge on any atom is 0.0864 e. The third-order valence-electron chi connectivity index (χ3n) is 1.87. The van der Waals surface area contributed by atoms with Gasteiger partial charge < -0.3 is 15.4 Å². The number of hydrogen-bond donors (Lipinski definition) is 1. The lowest BCUT2D eigenvalue weighted by Crippen LogP contribution is -2.35. The van der Waals surface area contributed by atoms with E-state index in [1.807, 2.05) is 6.92 Å². The van der Waals surface area contributed by atoms with Gasteiger partial charge in [-0.2, -0.15) is 0 Å². The Bertz CT molecular complexity index is 108. The lowest BCUT2D eigenvalue weighted by Gasteiger charge is -2.13. The van der Waals surface area contributed by atoms with E-state index in [-0.39, 0.29) is 12.1 Å². The minimum Gasteiger partial charge on any atom is -0.376 e. The summed E-state index contributed by atoms with van der Waals surface area (Å²) in [7, 11) is 2.07. The van der Waals surface area contributed by atoms with Gasteiger partial charge in [0.2, 0.25) is 0 Å². The molecule has 0 spiro atoms. The van der Waals surface area contributed by atoms with Crippen molar-refractivity contribution in [3.05, 3.63) is 0 Å². The van der Waals surface area contributed by atoms with Gasteiger partial charge in [-0.1, -0.05) is 0 Å². The van der Waals surface area contributed by atoms with Crippen LogP contribution < -0.4 is 5.73 Å². The smallest absolute Gasteiger partial charge is 0.0864 e. The van der Waals surface area contributed by atoms with Crippen LogP contribution in [0.25, 0.3) is 0 Å². The van der Waals surface area contributed by atoms with Gasteiger partial charge in [-0.05, 0) is 14.0 Å². The molecule has 0 aromatic carbocycles. The highest BCUT2D eigenvalue weighted by Gasteiger charge is 2.27. The van der Waals surface area contributed by atoms with E-state index in [0.717, 1.165) is 19.7 Å². The van der Waals surface area contributed by atoms with Gasteiger partial charge in [0, 0.05) is 25.7 Å². The fourth-order valence-electron chi connectivity index (χ4n) is 1.38. The molecule has 1 heterocycles. The lowest BCUT2D eigenvalue weighted by atomic mass is 10.2. The van der Waals surface area contributed by atoms with E-state index in [4.69, 9.17) is 10.5 Å². The second-order valence-corrected chi connectivity index (χ2v) is 2.88. The molecule has 0 radical (unpaired) electrons. The van der Waals surface area contributed by atoms with E-state index in [0.29, 0.717) is 0 Å². The Morgan fingerprint density at radius 2 is 2.30 bits per heavy atom. The predicted octanol–water partition coefficient (Wildman–Crippen LogP) is -0.336. The highest BCUT2D eigenvalue weighted by Crippen LogP contribution is 2.08. The summed E-state index contributed by atoms with van der Waals surface area (Å²) in [6, 6.07) is 0.213. The lowest BCUT2D eigenvalue weighted by molar-refractivity contribution is 0.0619. The van der Waals surface area contributed by atoms with Crippen molar-refractivity contribution >= 4 is 0 Å². The molecule has 10 heavy (non-hydrogen) atoms. The number of nitrogens with zero attached hydrogens (tertiary/aromatic N) is 1. The third kappa shape index (κ3) is 1.68. The van der Waals surface area contributed by atoms with E-state index >= 15 is 0 Å². The summed E-state index contributed by atoms with van der Waals surface area (Å²) in [5.41, 5.74) is 5.79. The largest absolute Gasteiger partial charge is 0.376 e. The SMILES string of the molecule is CCO[C@@H]1CN(C)C[C@H]1N. The second-order valence-electron chi connectivity index (χ2n) is 2.88. The van der Waals surface area contributed by atoms with E-state index in [9.17, 15) is 0 Å². The Morgan fingerprint density at radius 1 is 1.60 bits per heavy atom. The Kier molecular flexibility index (Phi) is 2.65. The molecule has 1 aliphatic rings. The first-order chi connectivity index (χ1) is 4.74. The molecule has 0 unspecified atom stereocenters. The quantitative estimate of drug-likeness (QED) is 0.576. The van der Waals surface area contributed by atoms with Crippen LogP contribution in [-0.2, 0) is 4.74 Å². The van der Waals surface area contributed by atoms with E-state index in [1.54, 1.807) is 0 Å². The average molecular weight is 144 g/mol. The molecule has 60 valence electrons. The summed E-state index contributed by atoms with van der Waals surface area (Å²) in [5, 5.41) is 0. The summed E-state index contributed by atoms with van der Waals surface area (Å²) in [6.07, 6.45) is 0.259. The van der Waals surface area contributed by atoms with Crippen molar-refractivity contribution in [3.63, 3.8) is 0 Å². The summed E-state index contributed by atoms with van der Waals surface area (Å²) < 4.78 is 5.42. The van der Waals surface area contributed by atoms with Crippen LogP contribution >= 0.6 is 0 Å². The Morgan fingerprint density at radius 3 is 2.70 bits per heavy atom. The molecule has 0 aliphatic carbocycles. The third-order valence-corrected chi connectivity index (χ3v) is 1.87. The van der Waals surface area contributed by atoms with Gasteiger partial charge >= 0.3 is 0 Å². The van der Waals surface area contributed by atoms with Crippen molar-refractivity contribution in [2.24, 2.45) is 5.73 Å². The molecule has 2 N–H and O–H groups in total. The molecule has 2 atom stereocenters. The van der Waals surface area contributed by atoms with Crippen LogP contribution in [0, 0.1) is 0 Å². The van der Waals surface area contributed by atoms with Gasteiger partial charge in [0.15, 0.2) is 0 Å². The molecule has 0 aromatic heterocycles. The number of likely N-dealkylation sites (tertiary alicyclic amines) is 1.